The molecule has 0 spiro atoms. The van der Waals surface area contributed by atoms with E-state index in [9.17, 15) is 17.6 Å². The second-order valence-corrected chi connectivity index (χ2v) is 7.34. The highest BCUT2D eigenvalue weighted by atomic mass is 19.2. The van der Waals surface area contributed by atoms with Crippen LogP contribution in [0.2, 0.25) is 0 Å². The van der Waals surface area contributed by atoms with Crippen molar-refractivity contribution in [3.63, 3.8) is 0 Å². The number of hydrogen-bond donors (Lipinski definition) is 0. The molecular formula is C27H18F4. The van der Waals surface area contributed by atoms with Gasteiger partial charge in [0.2, 0.25) is 0 Å². The molecule has 0 aromatic heterocycles. The van der Waals surface area contributed by atoms with E-state index in [0.717, 1.165) is 18.6 Å². The Morgan fingerprint density at radius 1 is 0.613 bits per heavy atom. The average molecular weight is 418 g/mol. The van der Waals surface area contributed by atoms with Gasteiger partial charge in [-0.1, -0.05) is 43.4 Å². The maximum Gasteiger partial charge on any atom is 0.159 e. The molecule has 4 aromatic carbocycles. The second kappa shape index (κ2) is 8.65. The van der Waals surface area contributed by atoms with Crippen LogP contribution in [0, 0.1) is 35.1 Å². The van der Waals surface area contributed by atoms with Crippen molar-refractivity contribution >= 4 is 10.8 Å². The summed E-state index contributed by atoms with van der Waals surface area (Å²) in [5.74, 6) is 3.00. The molecule has 0 aliphatic heterocycles. The Morgan fingerprint density at radius 3 is 1.84 bits per heavy atom. The molecule has 4 aromatic rings. The third kappa shape index (κ3) is 4.46. The predicted molar refractivity (Wildman–Crippen MR) is 116 cm³/mol. The first-order valence-corrected chi connectivity index (χ1v) is 9.94. The minimum atomic E-state index is -0.907. The molecule has 4 heteroatoms. The van der Waals surface area contributed by atoms with E-state index in [1.807, 2.05) is 6.92 Å². The molecule has 0 radical (unpaired) electrons. The summed E-state index contributed by atoms with van der Waals surface area (Å²) in [6.07, 6.45) is 1.44. The van der Waals surface area contributed by atoms with Crippen molar-refractivity contribution in [3.05, 3.63) is 107 Å². The molecule has 0 fully saturated rings. The lowest BCUT2D eigenvalue weighted by Gasteiger charge is -2.08. The topological polar surface area (TPSA) is 0 Å². The first kappa shape index (κ1) is 20.7. The fourth-order valence-electron chi connectivity index (χ4n) is 3.52. The SMILES string of the molecule is CCCc1cc(F)c(-c2ccc(C#Cc3ccc4cc(F)c(F)cc4c3)cc2)c(F)c1. The molecule has 0 heterocycles. The van der Waals surface area contributed by atoms with Gasteiger partial charge in [0.1, 0.15) is 11.6 Å². The Kier molecular flexibility index (Phi) is 5.77. The zero-order chi connectivity index (χ0) is 22.0. The van der Waals surface area contributed by atoms with Gasteiger partial charge in [-0.15, -0.1) is 0 Å². The van der Waals surface area contributed by atoms with E-state index < -0.39 is 23.3 Å². The highest BCUT2D eigenvalue weighted by molar-refractivity contribution is 5.84. The van der Waals surface area contributed by atoms with Gasteiger partial charge >= 0.3 is 0 Å². The van der Waals surface area contributed by atoms with Crippen LogP contribution in [0.3, 0.4) is 0 Å². The molecule has 0 amide bonds. The normalized spacial score (nSPS) is 10.7. The Morgan fingerprint density at radius 2 is 1.19 bits per heavy atom. The van der Waals surface area contributed by atoms with E-state index in [1.54, 1.807) is 42.5 Å². The van der Waals surface area contributed by atoms with Crippen molar-refractivity contribution in [2.24, 2.45) is 0 Å². The van der Waals surface area contributed by atoms with Gasteiger partial charge in [-0.3, -0.25) is 0 Å². The Bertz CT molecular complexity index is 1300. The van der Waals surface area contributed by atoms with Gasteiger partial charge in [0.05, 0.1) is 5.56 Å². The number of aryl methyl sites for hydroxylation is 1. The molecule has 0 bridgehead atoms. The highest BCUT2D eigenvalue weighted by Crippen LogP contribution is 2.28. The lowest BCUT2D eigenvalue weighted by molar-refractivity contribution is 0.511. The summed E-state index contributed by atoms with van der Waals surface area (Å²) in [5, 5.41) is 1.14. The summed E-state index contributed by atoms with van der Waals surface area (Å²) in [5.41, 5.74) is 2.33. The predicted octanol–water partition coefficient (Wildman–Crippen LogP) is 7.42. The molecular weight excluding hydrogens is 400 g/mol. The van der Waals surface area contributed by atoms with Crippen LogP contribution in [0.1, 0.15) is 30.0 Å². The van der Waals surface area contributed by atoms with Gasteiger partial charge in [-0.05, 0) is 76.9 Å². The number of rotatable bonds is 3. The molecule has 0 N–H and O–H groups in total. The lowest BCUT2D eigenvalue weighted by Crippen LogP contribution is -1.94. The van der Waals surface area contributed by atoms with E-state index in [-0.39, 0.29) is 5.56 Å². The van der Waals surface area contributed by atoms with Crippen LogP contribution in [0.25, 0.3) is 21.9 Å². The minimum Gasteiger partial charge on any atom is -0.206 e. The van der Waals surface area contributed by atoms with Crippen LogP contribution >= 0.6 is 0 Å². The Hall–Kier alpha value is -3.58. The molecule has 0 aliphatic carbocycles. The van der Waals surface area contributed by atoms with Gasteiger partial charge in [0.15, 0.2) is 11.6 Å². The molecule has 4 rings (SSSR count). The van der Waals surface area contributed by atoms with Crippen LogP contribution in [0.5, 0.6) is 0 Å². The van der Waals surface area contributed by atoms with Crippen LogP contribution in [-0.2, 0) is 6.42 Å². The quantitative estimate of drug-likeness (QED) is 0.240. The molecule has 0 saturated carbocycles. The van der Waals surface area contributed by atoms with Gasteiger partial charge in [0, 0.05) is 11.1 Å². The summed E-state index contributed by atoms with van der Waals surface area (Å²) in [4.78, 5) is 0. The number of halogens is 4. The molecule has 0 atom stereocenters. The van der Waals surface area contributed by atoms with Crippen molar-refractivity contribution in [2.45, 2.75) is 19.8 Å². The fraction of sp³-hybridized carbons (Fsp3) is 0.111. The van der Waals surface area contributed by atoms with Gasteiger partial charge in [-0.25, -0.2) is 17.6 Å². The van der Waals surface area contributed by atoms with Crippen LogP contribution in [-0.4, -0.2) is 0 Å². The second-order valence-electron chi connectivity index (χ2n) is 7.34. The summed E-state index contributed by atoms with van der Waals surface area (Å²) in [6.45, 7) is 1.96. The summed E-state index contributed by atoms with van der Waals surface area (Å²) < 4.78 is 55.7. The van der Waals surface area contributed by atoms with Crippen molar-refractivity contribution in [1.82, 2.24) is 0 Å². The third-order valence-electron chi connectivity index (χ3n) is 5.04. The van der Waals surface area contributed by atoms with Crippen LogP contribution in [0.15, 0.2) is 66.7 Å². The largest absolute Gasteiger partial charge is 0.206 e. The number of benzene rings is 4. The molecule has 0 unspecified atom stereocenters. The third-order valence-corrected chi connectivity index (χ3v) is 5.04. The number of hydrogen-bond acceptors (Lipinski definition) is 0. The average Bonchev–Trinajstić information content (AvgIpc) is 2.74. The Balaban J connectivity index is 1.60. The summed E-state index contributed by atoms with van der Waals surface area (Å²) >= 11 is 0. The van der Waals surface area contributed by atoms with Gasteiger partial charge in [-0.2, -0.15) is 0 Å². The highest BCUT2D eigenvalue weighted by Gasteiger charge is 2.13. The van der Waals surface area contributed by atoms with E-state index in [2.05, 4.69) is 11.8 Å². The molecule has 0 nitrogen and oxygen atoms in total. The molecule has 0 saturated heterocycles. The lowest BCUT2D eigenvalue weighted by atomic mass is 9.99. The maximum atomic E-state index is 14.5. The van der Waals surface area contributed by atoms with Crippen molar-refractivity contribution < 1.29 is 17.6 Å². The summed E-state index contributed by atoms with van der Waals surface area (Å²) in [6, 6.07) is 16.8. The molecule has 0 aliphatic rings. The maximum absolute atomic E-state index is 14.5. The smallest absolute Gasteiger partial charge is 0.159 e. The van der Waals surface area contributed by atoms with Crippen LogP contribution < -0.4 is 0 Å². The molecule has 31 heavy (non-hydrogen) atoms. The minimum absolute atomic E-state index is 0.0526. The number of fused-ring (bicyclic) bond motifs is 1. The standard InChI is InChI=1S/C27H18F4/c1-2-3-19-13-25(30)27(26(31)14-19)20-9-6-17(7-10-20)4-5-18-8-11-21-15-23(28)24(29)16-22(21)12-18/h6-16H,2-3H2,1H3. The van der Waals surface area contributed by atoms with E-state index in [4.69, 9.17) is 0 Å². The first-order chi connectivity index (χ1) is 14.9. The van der Waals surface area contributed by atoms with E-state index in [1.165, 1.54) is 12.1 Å². The van der Waals surface area contributed by atoms with Crippen LogP contribution in [0.4, 0.5) is 17.6 Å². The fourth-order valence-corrected chi connectivity index (χ4v) is 3.52. The molecule has 154 valence electrons. The van der Waals surface area contributed by atoms with E-state index in [0.29, 0.717) is 39.4 Å². The van der Waals surface area contributed by atoms with E-state index >= 15 is 0 Å². The van der Waals surface area contributed by atoms with Crippen molar-refractivity contribution in [2.75, 3.05) is 0 Å². The van der Waals surface area contributed by atoms with Gasteiger partial charge < -0.3 is 0 Å². The van der Waals surface area contributed by atoms with Gasteiger partial charge in [0.25, 0.3) is 0 Å². The zero-order valence-corrected chi connectivity index (χ0v) is 16.8. The monoisotopic (exact) mass is 418 g/mol. The Labute approximate surface area is 178 Å². The van der Waals surface area contributed by atoms with Crippen molar-refractivity contribution in [3.8, 4) is 23.0 Å². The summed E-state index contributed by atoms with van der Waals surface area (Å²) in [7, 11) is 0. The van der Waals surface area contributed by atoms with Crippen molar-refractivity contribution in [1.29, 1.82) is 0 Å². The first-order valence-electron chi connectivity index (χ1n) is 9.94. The zero-order valence-electron chi connectivity index (χ0n) is 16.8.